The Hall–Kier alpha value is -3.92. The zero-order valence-corrected chi connectivity index (χ0v) is 19.6. The summed E-state index contributed by atoms with van der Waals surface area (Å²) in [7, 11) is 0. The largest absolute Gasteiger partial charge is 0.507 e. The molecule has 2 aliphatic heterocycles. The number of benzene rings is 2. The molecule has 0 spiro atoms. The van der Waals surface area contributed by atoms with Gasteiger partial charge in [0.1, 0.15) is 29.0 Å². The van der Waals surface area contributed by atoms with Gasteiger partial charge in [-0.25, -0.2) is 9.97 Å². The molecule has 6 rings (SSSR count). The Morgan fingerprint density at radius 3 is 2.94 bits per heavy atom. The number of fused-ring (bicyclic) bond motifs is 2. The van der Waals surface area contributed by atoms with Crippen molar-refractivity contribution in [1.29, 1.82) is 0 Å². The third-order valence-electron chi connectivity index (χ3n) is 6.43. The van der Waals surface area contributed by atoms with Gasteiger partial charge < -0.3 is 15.3 Å². The summed E-state index contributed by atoms with van der Waals surface area (Å²) in [6, 6.07) is 15.0. The molecular formula is C25H23N7O2S. The van der Waals surface area contributed by atoms with Crippen LogP contribution < -0.4 is 10.2 Å². The van der Waals surface area contributed by atoms with E-state index < -0.39 is 6.04 Å². The van der Waals surface area contributed by atoms with E-state index in [2.05, 4.69) is 47.5 Å². The van der Waals surface area contributed by atoms with Gasteiger partial charge in [0.25, 0.3) is 0 Å². The summed E-state index contributed by atoms with van der Waals surface area (Å²) in [4.78, 5) is 28.4. The maximum atomic E-state index is 12.8. The minimum absolute atomic E-state index is 0.0815. The number of nitrogens with zero attached hydrogens (tertiary/aromatic N) is 5. The van der Waals surface area contributed by atoms with E-state index in [1.54, 1.807) is 24.7 Å². The van der Waals surface area contributed by atoms with Crippen LogP contribution in [0.25, 0.3) is 11.0 Å². The number of nitrogens with one attached hydrogen (secondary N) is 2. The number of carbonyl (C=O) groups is 1. The second kappa shape index (κ2) is 9.03. The molecule has 4 heterocycles. The highest BCUT2D eigenvalue weighted by Gasteiger charge is 2.32. The predicted octanol–water partition coefficient (Wildman–Crippen LogP) is 3.36. The van der Waals surface area contributed by atoms with Gasteiger partial charge >= 0.3 is 0 Å². The molecule has 0 radical (unpaired) electrons. The summed E-state index contributed by atoms with van der Waals surface area (Å²) in [6.07, 6.45) is 4.11. The third kappa shape index (κ3) is 3.99. The van der Waals surface area contributed by atoms with Gasteiger partial charge in [-0.3, -0.25) is 14.9 Å². The fourth-order valence-corrected chi connectivity index (χ4v) is 5.78. The Labute approximate surface area is 205 Å². The van der Waals surface area contributed by atoms with Crippen molar-refractivity contribution in [1.82, 2.24) is 25.5 Å². The molecule has 35 heavy (non-hydrogen) atoms. The number of amides is 1. The fourth-order valence-electron chi connectivity index (χ4n) is 4.71. The molecule has 2 aromatic carbocycles. The molecule has 3 N–H and O–H groups in total. The van der Waals surface area contributed by atoms with Crippen molar-refractivity contribution in [2.75, 3.05) is 23.7 Å². The second-order valence-electron chi connectivity index (χ2n) is 8.55. The van der Waals surface area contributed by atoms with Crippen LogP contribution in [0.15, 0.2) is 66.0 Å². The average molecular weight is 486 g/mol. The number of phenols is 1. The van der Waals surface area contributed by atoms with E-state index in [4.69, 9.17) is 0 Å². The maximum absolute atomic E-state index is 12.8. The topological polar surface area (TPSA) is 119 Å². The number of aromatic nitrogens is 4. The number of hydrogen-bond donors (Lipinski definition) is 3. The first-order chi connectivity index (χ1) is 17.2. The number of aromatic amines is 1. The van der Waals surface area contributed by atoms with Gasteiger partial charge in [-0.1, -0.05) is 30.3 Å². The van der Waals surface area contributed by atoms with E-state index in [0.29, 0.717) is 28.6 Å². The van der Waals surface area contributed by atoms with Crippen LogP contribution in [0.2, 0.25) is 0 Å². The minimum atomic E-state index is -0.447. The summed E-state index contributed by atoms with van der Waals surface area (Å²) >= 11 is 1.50. The van der Waals surface area contributed by atoms with E-state index in [-0.39, 0.29) is 17.6 Å². The average Bonchev–Trinajstić information content (AvgIpc) is 3.63. The van der Waals surface area contributed by atoms with Crippen LogP contribution in [0, 0.1) is 0 Å². The Kier molecular flexibility index (Phi) is 5.57. The molecule has 0 bridgehead atoms. The number of phenolic OH excluding ortho intramolecular Hbond substituents is 1. The number of hydrogen-bond acceptors (Lipinski definition) is 8. The number of H-pyrrole nitrogens is 1. The molecule has 2 aliphatic rings. The Morgan fingerprint density at radius 2 is 2.03 bits per heavy atom. The van der Waals surface area contributed by atoms with Gasteiger partial charge in [0.05, 0.1) is 11.6 Å². The first kappa shape index (κ1) is 21.6. The fraction of sp³-hybridized carbons (Fsp3) is 0.240. The lowest BCUT2D eigenvalue weighted by atomic mass is 9.98. The smallest absolute Gasteiger partial charge is 0.245 e. The van der Waals surface area contributed by atoms with Gasteiger partial charge in [-0.05, 0) is 30.2 Å². The highest BCUT2D eigenvalue weighted by Crippen LogP contribution is 2.42. The molecule has 0 saturated heterocycles. The van der Waals surface area contributed by atoms with Crippen molar-refractivity contribution in [3.63, 3.8) is 0 Å². The number of aliphatic imine (C=N–C) groups is 1. The number of aromatic hydroxyl groups is 1. The zero-order valence-electron chi connectivity index (χ0n) is 18.8. The molecule has 0 fully saturated rings. The van der Waals surface area contributed by atoms with Crippen LogP contribution in [-0.4, -0.2) is 61.1 Å². The lowest BCUT2D eigenvalue weighted by molar-refractivity contribution is -0.121. The van der Waals surface area contributed by atoms with Crippen LogP contribution >= 0.6 is 11.8 Å². The highest BCUT2D eigenvalue weighted by molar-refractivity contribution is 8.14. The number of para-hydroxylation sites is 2. The van der Waals surface area contributed by atoms with Crippen LogP contribution in [0.5, 0.6) is 5.75 Å². The van der Waals surface area contributed by atoms with Crippen molar-refractivity contribution < 1.29 is 9.90 Å². The molecule has 2 unspecified atom stereocenters. The van der Waals surface area contributed by atoms with Crippen molar-refractivity contribution >= 4 is 45.3 Å². The third-order valence-corrected chi connectivity index (χ3v) is 7.51. The van der Waals surface area contributed by atoms with E-state index in [9.17, 15) is 9.90 Å². The summed E-state index contributed by atoms with van der Waals surface area (Å²) in [5.74, 6) is 1.75. The lowest BCUT2D eigenvalue weighted by Gasteiger charge is -2.19. The first-order valence-corrected chi connectivity index (χ1v) is 12.4. The molecule has 176 valence electrons. The van der Waals surface area contributed by atoms with Crippen molar-refractivity contribution in [2.24, 2.45) is 4.99 Å². The van der Waals surface area contributed by atoms with Gasteiger partial charge in [-0.15, -0.1) is 11.8 Å². The molecular weight excluding hydrogens is 462 g/mol. The van der Waals surface area contributed by atoms with Crippen LogP contribution in [0.4, 0.5) is 11.5 Å². The lowest BCUT2D eigenvalue weighted by Crippen LogP contribution is -2.35. The van der Waals surface area contributed by atoms with Gasteiger partial charge in [0.2, 0.25) is 5.91 Å². The molecule has 0 saturated carbocycles. The number of rotatable bonds is 6. The number of thioether (sulfide) groups is 1. The molecule has 1 amide bonds. The summed E-state index contributed by atoms with van der Waals surface area (Å²) < 4.78 is 0. The minimum Gasteiger partial charge on any atom is -0.507 e. The van der Waals surface area contributed by atoms with Crippen LogP contribution in [-0.2, 0) is 4.79 Å². The maximum Gasteiger partial charge on any atom is 0.245 e. The van der Waals surface area contributed by atoms with Gasteiger partial charge in [0.15, 0.2) is 5.65 Å². The van der Waals surface area contributed by atoms with E-state index >= 15 is 0 Å². The number of anilines is 2. The first-order valence-electron chi connectivity index (χ1n) is 11.5. The standard InChI is InChI=1S/C25H23N7O2S/c33-21-8-4-2-6-17(21)25-30-19(13-35-25)24(34)26-10-9-15-12-32(20-7-3-1-5-16(15)20)23-18-11-29-31-22(18)27-14-28-23/h1-8,11,14-15,19,33H,9-10,12-13H2,(H,26,34)(H,27,28,29,31). The van der Waals surface area contributed by atoms with Crippen molar-refractivity contribution in [3.8, 4) is 5.75 Å². The quantitative estimate of drug-likeness (QED) is 0.383. The monoisotopic (exact) mass is 485 g/mol. The summed E-state index contributed by atoms with van der Waals surface area (Å²) in [5, 5.41) is 21.8. The molecule has 2 atom stereocenters. The normalized spacial score (nSPS) is 19.1. The van der Waals surface area contributed by atoms with E-state index in [1.807, 2.05) is 24.3 Å². The molecule has 10 heteroatoms. The summed E-state index contributed by atoms with van der Waals surface area (Å²) in [5.41, 5.74) is 3.75. The van der Waals surface area contributed by atoms with Crippen molar-refractivity contribution in [3.05, 3.63) is 72.2 Å². The second-order valence-corrected chi connectivity index (χ2v) is 9.56. The summed E-state index contributed by atoms with van der Waals surface area (Å²) in [6.45, 7) is 1.32. The van der Waals surface area contributed by atoms with E-state index in [1.165, 1.54) is 17.3 Å². The highest BCUT2D eigenvalue weighted by atomic mass is 32.2. The SMILES string of the molecule is O=C(NCCC1CN(c2ncnc3[nH]ncc23)c2ccccc21)C1CSC(c2ccccc2O)=N1. The Morgan fingerprint density at radius 1 is 1.17 bits per heavy atom. The number of carbonyl (C=O) groups excluding carboxylic acids is 1. The molecule has 2 aromatic heterocycles. The van der Waals surface area contributed by atoms with E-state index in [0.717, 1.165) is 29.9 Å². The van der Waals surface area contributed by atoms with Gasteiger partial charge in [0, 0.05) is 36.0 Å². The van der Waals surface area contributed by atoms with Crippen LogP contribution in [0.3, 0.4) is 0 Å². The molecule has 4 aromatic rings. The zero-order chi connectivity index (χ0) is 23.8. The molecule has 9 nitrogen and oxygen atoms in total. The van der Waals surface area contributed by atoms with Crippen molar-refractivity contribution in [2.45, 2.75) is 18.4 Å². The van der Waals surface area contributed by atoms with Crippen LogP contribution in [0.1, 0.15) is 23.5 Å². The van der Waals surface area contributed by atoms with Gasteiger partial charge in [-0.2, -0.15) is 5.10 Å². The Balaban J connectivity index is 1.13. The predicted molar refractivity (Wildman–Crippen MR) is 136 cm³/mol. The molecule has 0 aliphatic carbocycles. The Bertz CT molecular complexity index is 1440.